The number of rotatable bonds is 4. The average molecular weight is 435 g/mol. The van der Waals surface area contributed by atoms with E-state index in [1.165, 1.54) is 16.8 Å². The zero-order chi connectivity index (χ0) is 21.6. The molecule has 0 radical (unpaired) electrons. The van der Waals surface area contributed by atoms with Gasteiger partial charge in [-0.15, -0.1) is 11.3 Å². The van der Waals surface area contributed by atoms with E-state index in [4.69, 9.17) is 11.5 Å². The fourth-order valence-electron chi connectivity index (χ4n) is 3.65. The van der Waals surface area contributed by atoms with E-state index in [-0.39, 0.29) is 22.7 Å². The van der Waals surface area contributed by atoms with E-state index in [0.29, 0.717) is 34.5 Å². The number of primary amides is 2. The van der Waals surface area contributed by atoms with Gasteiger partial charge in [-0.1, -0.05) is 18.2 Å². The number of nitrogens with zero attached hydrogens (tertiary/aromatic N) is 2. The molecule has 0 spiro atoms. The highest BCUT2D eigenvalue weighted by molar-refractivity contribution is 7.20. The first kappa shape index (κ1) is 20.0. The summed E-state index contributed by atoms with van der Waals surface area (Å²) >= 11 is 1.14. The number of hydrogen-bond donors (Lipinski definition) is 3. The van der Waals surface area contributed by atoms with E-state index >= 15 is 0 Å². The molecular formula is C19H16F3N5O2S. The summed E-state index contributed by atoms with van der Waals surface area (Å²) in [4.78, 5) is 23.9. The van der Waals surface area contributed by atoms with Gasteiger partial charge in [-0.2, -0.15) is 18.3 Å². The molecule has 1 aromatic carbocycles. The van der Waals surface area contributed by atoms with Crippen LogP contribution in [-0.2, 0) is 25.6 Å². The highest BCUT2D eigenvalue weighted by atomic mass is 32.1. The van der Waals surface area contributed by atoms with Gasteiger partial charge in [0.1, 0.15) is 5.00 Å². The van der Waals surface area contributed by atoms with E-state index in [9.17, 15) is 22.8 Å². The predicted molar refractivity (Wildman–Crippen MR) is 105 cm³/mol. The van der Waals surface area contributed by atoms with Gasteiger partial charge in [0.25, 0.3) is 5.91 Å². The molecule has 1 aliphatic carbocycles. The lowest BCUT2D eigenvalue weighted by atomic mass is 9.94. The Hall–Kier alpha value is -3.34. The van der Waals surface area contributed by atoms with Crippen LogP contribution in [0.4, 0.5) is 23.0 Å². The lowest BCUT2D eigenvalue weighted by molar-refractivity contribution is -0.138. The monoisotopic (exact) mass is 435 g/mol. The fraction of sp³-hybridized carbons (Fsp3) is 0.211. The van der Waals surface area contributed by atoms with Gasteiger partial charge >= 0.3 is 12.2 Å². The molecular weight excluding hydrogens is 419 g/mol. The second-order valence-corrected chi connectivity index (χ2v) is 7.83. The third-order valence-corrected chi connectivity index (χ3v) is 6.02. The van der Waals surface area contributed by atoms with Gasteiger partial charge in [-0.25, -0.2) is 4.79 Å². The highest BCUT2D eigenvalue weighted by Gasteiger charge is 2.33. The standard InChI is InChI=1S/C19H16F3N5O2S/c20-19(21,22)12-4-2-1-3-9(12)7-27-8-11-13(26-27)6-5-10-14(16(23)28)17(25-18(24)29)30-15(10)11/h1-4,8H,5-7H2,(H2,23,28)(H3,24,25,29). The third kappa shape index (κ3) is 3.52. The number of fused-ring (bicyclic) bond motifs is 3. The number of aryl methyl sites for hydroxylation is 1. The SMILES string of the molecule is NC(=O)Nc1sc2c(c1C(N)=O)CCc1nn(Cc3ccccc3C(F)(F)F)cc1-2. The Morgan fingerprint density at radius 3 is 2.60 bits per heavy atom. The number of urea groups is 1. The van der Waals surface area contributed by atoms with Crippen molar-refractivity contribution in [1.82, 2.24) is 9.78 Å². The van der Waals surface area contributed by atoms with Crippen LogP contribution in [0.2, 0.25) is 0 Å². The highest BCUT2D eigenvalue weighted by Crippen LogP contribution is 2.45. The molecule has 11 heteroatoms. The minimum atomic E-state index is -4.46. The van der Waals surface area contributed by atoms with Crippen molar-refractivity contribution in [3.05, 3.63) is 58.4 Å². The maximum atomic E-state index is 13.3. The number of anilines is 1. The molecule has 0 saturated heterocycles. The van der Waals surface area contributed by atoms with Crippen LogP contribution in [-0.4, -0.2) is 21.7 Å². The Morgan fingerprint density at radius 1 is 1.20 bits per heavy atom. The molecule has 3 amide bonds. The third-order valence-electron chi connectivity index (χ3n) is 4.84. The molecule has 3 aromatic rings. The lowest BCUT2D eigenvalue weighted by Crippen LogP contribution is -2.22. The molecule has 2 aromatic heterocycles. The van der Waals surface area contributed by atoms with Crippen LogP contribution >= 0.6 is 11.3 Å². The fourth-order valence-corrected chi connectivity index (χ4v) is 4.94. The largest absolute Gasteiger partial charge is 0.416 e. The number of carbonyl (C=O) groups is 2. The van der Waals surface area contributed by atoms with Crippen LogP contribution in [0, 0.1) is 0 Å². The van der Waals surface area contributed by atoms with Gasteiger partial charge in [0.2, 0.25) is 0 Å². The number of halogens is 3. The second kappa shape index (κ2) is 7.17. The van der Waals surface area contributed by atoms with Crippen LogP contribution in [0.1, 0.15) is 32.7 Å². The van der Waals surface area contributed by atoms with Gasteiger partial charge in [0.05, 0.1) is 23.4 Å². The summed E-state index contributed by atoms with van der Waals surface area (Å²) < 4.78 is 41.3. The summed E-state index contributed by atoms with van der Waals surface area (Å²) in [5.74, 6) is -0.689. The lowest BCUT2D eigenvalue weighted by Gasteiger charge is -2.12. The second-order valence-electron chi connectivity index (χ2n) is 6.81. The van der Waals surface area contributed by atoms with Crippen molar-refractivity contribution in [2.45, 2.75) is 25.6 Å². The quantitative estimate of drug-likeness (QED) is 0.583. The number of hydrogen-bond acceptors (Lipinski definition) is 4. The molecule has 0 fully saturated rings. The zero-order valence-corrected chi connectivity index (χ0v) is 16.2. The number of alkyl halides is 3. The first-order valence-electron chi connectivity index (χ1n) is 8.89. The molecule has 156 valence electrons. The van der Waals surface area contributed by atoms with E-state index in [1.54, 1.807) is 12.3 Å². The van der Waals surface area contributed by atoms with Crippen LogP contribution in [0.15, 0.2) is 30.5 Å². The first-order valence-corrected chi connectivity index (χ1v) is 9.70. The minimum absolute atomic E-state index is 0.0571. The van der Waals surface area contributed by atoms with Crippen LogP contribution in [0.25, 0.3) is 10.4 Å². The summed E-state index contributed by atoms with van der Waals surface area (Å²) in [7, 11) is 0. The van der Waals surface area contributed by atoms with Gasteiger partial charge in [0.15, 0.2) is 0 Å². The molecule has 4 rings (SSSR count). The minimum Gasteiger partial charge on any atom is -0.365 e. The van der Waals surface area contributed by atoms with E-state index in [2.05, 4.69) is 10.4 Å². The number of benzene rings is 1. The van der Waals surface area contributed by atoms with Crippen molar-refractivity contribution < 1.29 is 22.8 Å². The summed E-state index contributed by atoms with van der Waals surface area (Å²) in [6, 6.07) is 4.52. The van der Waals surface area contributed by atoms with Crippen LogP contribution in [0.3, 0.4) is 0 Å². The van der Waals surface area contributed by atoms with Crippen molar-refractivity contribution in [1.29, 1.82) is 0 Å². The van der Waals surface area contributed by atoms with E-state index in [1.807, 2.05) is 0 Å². The van der Waals surface area contributed by atoms with Crippen molar-refractivity contribution in [3.63, 3.8) is 0 Å². The topological polar surface area (TPSA) is 116 Å². The number of amides is 3. The first-order chi connectivity index (χ1) is 14.1. The van der Waals surface area contributed by atoms with Gasteiger partial charge in [-0.05, 0) is 30.0 Å². The van der Waals surface area contributed by atoms with Gasteiger partial charge in [-0.3, -0.25) is 14.8 Å². The van der Waals surface area contributed by atoms with Crippen LogP contribution in [0.5, 0.6) is 0 Å². The van der Waals surface area contributed by atoms with Crippen LogP contribution < -0.4 is 16.8 Å². The number of aromatic nitrogens is 2. The smallest absolute Gasteiger partial charge is 0.365 e. The molecule has 0 atom stereocenters. The summed E-state index contributed by atoms with van der Waals surface area (Å²) in [6.45, 7) is -0.0571. The average Bonchev–Trinajstić information content (AvgIpc) is 3.20. The molecule has 7 nitrogen and oxygen atoms in total. The van der Waals surface area contributed by atoms with Gasteiger partial charge < -0.3 is 11.5 Å². The number of nitrogens with one attached hydrogen (secondary N) is 1. The number of thiophene rings is 1. The maximum absolute atomic E-state index is 13.3. The molecule has 5 N–H and O–H groups in total. The number of nitrogens with two attached hydrogens (primary N) is 2. The molecule has 0 unspecified atom stereocenters. The molecule has 0 bridgehead atoms. The molecule has 2 heterocycles. The maximum Gasteiger partial charge on any atom is 0.416 e. The van der Waals surface area contributed by atoms with Crippen molar-refractivity contribution in [3.8, 4) is 10.4 Å². The Kier molecular flexibility index (Phi) is 4.77. The predicted octanol–water partition coefficient (Wildman–Crippen LogP) is 3.37. The summed E-state index contributed by atoms with van der Waals surface area (Å²) in [5.41, 5.74) is 12.4. The number of carbonyl (C=O) groups excluding carboxylic acids is 2. The molecule has 30 heavy (non-hydrogen) atoms. The van der Waals surface area contributed by atoms with Crippen molar-refractivity contribution in [2.24, 2.45) is 11.5 Å². The summed E-state index contributed by atoms with van der Waals surface area (Å²) in [6.07, 6.45) is -1.86. The molecule has 0 aliphatic heterocycles. The molecule has 0 saturated carbocycles. The van der Waals surface area contributed by atoms with Gasteiger partial charge in [0, 0.05) is 16.6 Å². The van der Waals surface area contributed by atoms with Crippen molar-refractivity contribution in [2.75, 3.05) is 5.32 Å². The Labute approximate surface area is 172 Å². The normalized spacial score (nSPS) is 12.9. The Morgan fingerprint density at radius 2 is 1.93 bits per heavy atom. The van der Waals surface area contributed by atoms with E-state index < -0.39 is 23.7 Å². The summed E-state index contributed by atoms with van der Waals surface area (Å²) in [5, 5.41) is 7.11. The molecule has 1 aliphatic rings. The Bertz CT molecular complexity index is 1170. The van der Waals surface area contributed by atoms with Crippen molar-refractivity contribution >= 4 is 28.3 Å². The Balaban J connectivity index is 1.74. The zero-order valence-electron chi connectivity index (χ0n) is 15.4. The van der Waals surface area contributed by atoms with E-state index in [0.717, 1.165) is 17.4 Å².